The second kappa shape index (κ2) is 6.14. The third-order valence-electron chi connectivity index (χ3n) is 4.09. The molecule has 2 aromatic carbocycles. The molecule has 8 heteroatoms. The quantitative estimate of drug-likeness (QED) is 0.635. The number of rotatable bonds is 4. The number of carbonyl (C=O) groups excluding carboxylic acids is 1. The number of quaternary nitrogens is 1. The summed E-state index contributed by atoms with van der Waals surface area (Å²) in [5.41, 5.74) is 1.56. The molecular weight excluding hydrogens is 331 g/mol. The number of phenols is 1. The van der Waals surface area contributed by atoms with Crippen LogP contribution in [0, 0.1) is 11.7 Å². The molecule has 1 heterocycles. The first-order chi connectivity index (χ1) is 11.7. The van der Waals surface area contributed by atoms with Crippen molar-refractivity contribution >= 4 is 16.7 Å². The van der Waals surface area contributed by atoms with Crippen LogP contribution in [0.2, 0.25) is 0 Å². The lowest BCUT2D eigenvalue weighted by Crippen LogP contribution is -2.50. The van der Waals surface area contributed by atoms with Gasteiger partial charge in [-0.15, -0.1) is 5.43 Å². The van der Waals surface area contributed by atoms with E-state index in [2.05, 4.69) is 0 Å². The zero-order valence-corrected chi connectivity index (χ0v) is 13.9. The lowest BCUT2D eigenvalue weighted by molar-refractivity contribution is -1.28. The van der Waals surface area contributed by atoms with E-state index in [4.69, 9.17) is 4.74 Å². The Morgan fingerprint density at radius 2 is 2.08 bits per heavy atom. The zero-order valence-electron chi connectivity index (χ0n) is 13.9. The third-order valence-corrected chi connectivity index (χ3v) is 4.09. The number of ether oxygens (including phenoxy) is 1. The number of aromatic hydroxyl groups is 1. The summed E-state index contributed by atoms with van der Waals surface area (Å²) in [4.78, 5) is 9.56. The number of benzene rings is 2. The van der Waals surface area contributed by atoms with Gasteiger partial charge in [-0.3, -0.25) is 4.79 Å². The summed E-state index contributed by atoms with van der Waals surface area (Å²) in [6.45, 7) is 4.44. The second-order valence-corrected chi connectivity index (χ2v) is 6.62. The Balaban J connectivity index is 2.09. The van der Waals surface area contributed by atoms with Crippen LogP contribution in [-0.4, -0.2) is 33.0 Å². The normalized spacial score (nSPS) is 19.4. The fraction of sp³-hybridized carbons (Fsp3) is 0.353. The van der Waals surface area contributed by atoms with Crippen LogP contribution in [0.15, 0.2) is 24.3 Å². The highest BCUT2D eigenvalue weighted by Gasteiger charge is 2.50. The molecule has 0 spiro atoms. The molecule has 25 heavy (non-hydrogen) atoms. The minimum absolute atomic E-state index is 0.161. The van der Waals surface area contributed by atoms with E-state index >= 15 is 4.39 Å². The van der Waals surface area contributed by atoms with Crippen molar-refractivity contribution < 1.29 is 34.4 Å². The van der Waals surface area contributed by atoms with Crippen LogP contribution in [0.4, 0.5) is 4.39 Å². The molecule has 3 rings (SSSR count). The monoisotopic (exact) mass is 351 g/mol. The minimum Gasteiger partial charge on any atom is -0.507 e. The SMILES string of the molecule is CC(C)COc1ccc2cc(O)c(C3CC(=O)N[N+]3(O)O)c(F)c2c1. The maximum Gasteiger partial charge on any atom is 0.277 e. The van der Waals surface area contributed by atoms with Gasteiger partial charge < -0.3 is 9.84 Å². The molecule has 1 unspecified atom stereocenters. The minimum atomic E-state index is -1.90. The van der Waals surface area contributed by atoms with Crippen molar-refractivity contribution in [3.63, 3.8) is 0 Å². The Hall–Kier alpha value is -2.42. The predicted octanol–water partition coefficient (Wildman–Crippen LogP) is 2.79. The van der Waals surface area contributed by atoms with Crippen molar-refractivity contribution in [3.8, 4) is 11.5 Å². The summed E-state index contributed by atoms with van der Waals surface area (Å²) >= 11 is 0. The van der Waals surface area contributed by atoms with Gasteiger partial charge in [-0.2, -0.15) is 10.4 Å². The van der Waals surface area contributed by atoms with Gasteiger partial charge >= 0.3 is 0 Å². The molecule has 1 aliphatic heterocycles. The van der Waals surface area contributed by atoms with E-state index < -0.39 is 28.4 Å². The van der Waals surface area contributed by atoms with E-state index in [0.717, 1.165) is 0 Å². The maximum absolute atomic E-state index is 15.0. The first kappa shape index (κ1) is 17.4. The van der Waals surface area contributed by atoms with E-state index in [-0.39, 0.29) is 17.4 Å². The van der Waals surface area contributed by atoms with E-state index in [1.165, 1.54) is 12.1 Å². The molecule has 0 aromatic heterocycles. The van der Waals surface area contributed by atoms with Gasteiger partial charge in [0.25, 0.3) is 5.91 Å². The van der Waals surface area contributed by atoms with Gasteiger partial charge in [0.15, 0.2) is 0 Å². The van der Waals surface area contributed by atoms with Crippen LogP contribution in [0.5, 0.6) is 11.5 Å². The topological polar surface area (TPSA) is 99.0 Å². The van der Waals surface area contributed by atoms with Crippen molar-refractivity contribution in [2.75, 3.05) is 6.61 Å². The number of carbonyl (C=O) groups is 1. The molecule has 1 atom stereocenters. The van der Waals surface area contributed by atoms with Gasteiger partial charge in [-0.25, -0.2) is 4.39 Å². The van der Waals surface area contributed by atoms with Crippen molar-refractivity contribution in [1.29, 1.82) is 0 Å². The van der Waals surface area contributed by atoms with Gasteiger partial charge in [-0.1, -0.05) is 19.9 Å². The van der Waals surface area contributed by atoms with Crippen molar-refractivity contribution in [2.45, 2.75) is 26.3 Å². The van der Waals surface area contributed by atoms with Crippen molar-refractivity contribution in [1.82, 2.24) is 5.43 Å². The first-order valence-corrected chi connectivity index (χ1v) is 7.92. The third kappa shape index (κ3) is 3.23. The molecule has 1 saturated heterocycles. The smallest absolute Gasteiger partial charge is 0.277 e. The molecule has 1 amide bonds. The predicted molar refractivity (Wildman–Crippen MR) is 85.2 cm³/mol. The van der Waals surface area contributed by atoms with Crippen LogP contribution in [0.3, 0.4) is 0 Å². The van der Waals surface area contributed by atoms with Gasteiger partial charge in [-0.05, 0) is 29.5 Å². The van der Waals surface area contributed by atoms with Crippen LogP contribution in [-0.2, 0) is 4.79 Å². The number of halogens is 1. The van der Waals surface area contributed by atoms with Crippen LogP contribution < -0.4 is 10.2 Å². The van der Waals surface area contributed by atoms with Gasteiger partial charge in [0, 0.05) is 5.39 Å². The molecule has 4 N–H and O–H groups in total. The summed E-state index contributed by atoms with van der Waals surface area (Å²) in [7, 11) is 0. The van der Waals surface area contributed by atoms with Gasteiger partial charge in [0.2, 0.25) is 6.04 Å². The second-order valence-electron chi connectivity index (χ2n) is 6.62. The number of nitrogens with one attached hydrogen (secondary N) is 1. The van der Waals surface area contributed by atoms with Gasteiger partial charge in [0.05, 0.1) is 23.5 Å². The Morgan fingerprint density at radius 3 is 2.68 bits per heavy atom. The molecule has 1 fully saturated rings. The molecule has 0 saturated carbocycles. The maximum atomic E-state index is 15.0. The van der Waals surface area contributed by atoms with Crippen LogP contribution in [0.1, 0.15) is 31.9 Å². The number of phenolic OH excluding ortho intramolecular Hbond substituents is 1. The molecule has 1 aliphatic rings. The molecule has 0 bridgehead atoms. The molecule has 0 aliphatic carbocycles. The van der Waals surface area contributed by atoms with Crippen LogP contribution in [0.25, 0.3) is 10.8 Å². The van der Waals surface area contributed by atoms with Crippen molar-refractivity contribution in [3.05, 3.63) is 35.6 Å². The average molecular weight is 351 g/mol. The molecule has 0 radical (unpaired) electrons. The highest BCUT2D eigenvalue weighted by molar-refractivity contribution is 5.87. The summed E-state index contributed by atoms with van der Waals surface area (Å²) in [6, 6.07) is 4.71. The van der Waals surface area contributed by atoms with E-state index in [9.17, 15) is 20.3 Å². The van der Waals surface area contributed by atoms with Crippen molar-refractivity contribution in [2.24, 2.45) is 5.92 Å². The zero-order chi connectivity index (χ0) is 18.4. The Morgan fingerprint density at radius 1 is 1.36 bits per heavy atom. The van der Waals surface area contributed by atoms with Crippen LogP contribution >= 0.6 is 0 Å². The average Bonchev–Trinajstić information content (AvgIpc) is 2.78. The number of hydrogen-bond acceptors (Lipinski definition) is 5. The molecular formula is C17H20FN2O5+. The number of amides is 1. The Kier molecular flexibility index (Phi) is 4.28. The van der Waals surface area contributed by atoms with E-state index in [0.29, 0.717) is 23.7 Å². The standard InChI is InChI=1S/C17H19FN2O5/c1-9(2)8-25-11-4-3-10-5-14(21)16(17(18)12(10)6-11)13-7-15(22)19-20(13,23)24/h3-6,9,13,23-24H,7-8H2,1-2H3,(H-,19,21,22)/p+1. The molecule has 134 valence electrons. The number of nitrogens with zero attached hydrogens (tertiary/aromatic N) is 1. The number of fused-ring (bicyclic) bond motifs is 1. The highest BCUT2D eigenvalue weighted by Crippen LogP contribution is 2.41. The fourth-order valence-electron chi connectivity index (χ4n) is 2.90. The summed E-state index contributed by atoms with van der Waals surface area (Å²) in [6.07, 6.45) is -0.369. The summed E-state index contributed by atoms with van der Waals surface area (Å²) in [5, 5.41) is 30.5. The molecule has 7 nitrogen and oxygen atoms in total. The summed E-state index contributed by atoms with van der Waals surface area (Å²) < 4.78 is 20.6. The Bertz CT molecular complexity index is 837. The van der Waals surface area contributed by atoms with E-state index in [1.807, 2.05) is 19.3 Å². The number of hydroxylamine groups is 2. The van der Waals surface area contributed by atoms with Gasteiger partial charge in [0.1, 0.15) is 17.3 Å². The summed E-state index contributed by atoms with van der Waals surface area (Å²) in [5.74, 6) is -1.17. The highest BCUT2D eigenvalue weighted by atomic mass is 19.1. The molecule has 2 aromatic rings. The first-order valence-electron chi connectivity index (χ1n) is 7.92. The largest absolute Gasteiger partial charge is 0.507 e. The fourth-order valence-corrected chi connectivity index (χ4v) is 2.90. The Labute approximate surface area is 143 Å². The number of hydrogen-bond donors (Lipinski definition) is 4. The van der Waals surface area contributed by atoms with E-state index in [1.54, 1.807) is 12.1 Å². The lowest BCUT2D eigenvalue weighted by Gasteiger charge is -2.22. The lowest BCUT2D eigenvalue weighted by atomic mass is 9.98.